The number of hydrogen-bond donors (Lipinski definition) is 2. The number of nitrogens with one attached hydrogen (secondary N) is 1. The number of carbonyl (C=O) groups is 1. The molecule has 3 N–H and O–H groups in total. The number of ether oxygens (including phenoxy) is 1. The van der Waals surface area contributed by atoms with E-state index in [2.05, 4.69) is 17.4 Å². The third-order valence-corrected chi connectivity index (χ3v) is 3.31. The van der Waals surface area contributed by atoms with Gasteiger partial charge in [0.2, 0.25) is 0 Å². The van der Waals surface area contributed by atoms with Gasteiger partial charge < -0.3 is 15.8 Å². The van der Waals surface area contributed by atoms with Gasteiger partial charge >= 0.3 is 6.09 Å². The molecule has 0 aliphatic heterocycles. The molecule has 1 aliphatic carbocycles. The minimum atomic E-state index is -0.349. The largest absolute Gasteiger partial charge is 0.446 e. The van der Waals surface area contributed by atoms with E-state index in [1.165, 1.54) is 5.56 Å². The Balaban J connectivity index is 1.65. The van der Waals surface area contributed by atoms with E-state index >= 15 is 0 Å². The number of hydrogen-bond acceptors (Lipinski definition) is 3. The Morgan fingerprint density at radius 3 is 2.74 bits per heavy atom. The van der Waals surface area contributed by atoms with Crippen LogP contribution in [0.4, 0.5) is 4.79 Å². The van der Waals surface area contributed by atoms with Crippen molar-refractivity contribution in [3.63, 3.8) is 0 Å². The first-order chi connectivity index (χ1) is 9.29. The zero-order valence-corrected chi connectivity index (χ0v) is 10.9. The number of carbonyl (C=O) groups excluding carboxylic acids is 1. The van der Waals surface area contributed by atoms with Gasteiger partial charge in [-0.15, -0.1) is 0 Å². The Bertz CT molecular complexity index is 425. The summed E-state index contributed by atoms with van der Waals surface area (Å²) in [4.78, 5) is 11.5. The maximum Gasteiger partial charge on any atom is 0.407 e. The lowest BCUT2D eigenvalue weighted by Gasteiger charge is -2.34. The Hall–Kier alpha value is -1.81. The molecule has 1 saturated carbocycles. The standard InChI is InChI=1S/C15H20N2O2/c16-8-4-5-9-17-15(18)19-14-10-13(11-14)12-6-2-1-3-7-12/h1-7,13-14H,8-11,16H2,(H,17,18)/b5-4+/t13-,14-. The van der Waals surface area contributed by atoms with Gasteiger partial charge in [-0.05, 0) is 24.3 Å². The summed E-state index contributed by atoms with van der Waals surface area (Å²) in [6, 6.07) is 10.3. The molecular formula is C15H20N2O2. The average molecular weight is 260 g/mol. The van der Waals surface area contributed by atoms with Gasteiger partial charge in [0, 0.05) is 13.1 Å². The maximum absolute atomic E-state index is 11.5. The number of rotatable bonds is 5. The molecule has 1 fully saturated rings. The lowest BCUT2D eigenvalue weighted by atomic mass is 9.77. The van der Waals surface area contributed by atoms with E-state index in [0.717, 1.165) is 12.8 Å². The molecule has 0 atom stereocenters. The van der Waals surface area contributed by atoms with Crippen molar-refractivity contribution in [3.8, 4) is 0 Å². The molecule has 0 saturated heterocycles. The molecule has 0 radical (unpaired) electrons. The van der Waals surface area contributed by atoms with Crippen LogP contribution in [0, 0.1) is 0 Å². The van der Waals surface area contributed by atoms with Gasteiger partial charge in [-0.2, -0.15) is 0 Å². The van der Waals surface area contributed by atoms with Crippen LogP contribution >= 0.6 is 0 Å². The topological polar surface area (TPSA) is 64.3 Å². The van der Waals surface area contributed by atoms with Crippen molar-refractivity contribution in [2.24, 2.45) is 5.73 Å². The van der Waals surface area contributed by atoms with E-state index in [1.54, 1.807) is 6.08 Å². The van der Waals surface area contributed by atoms with Crippen molar-refractivity contribution in [2.75, 3.05) is 13.1 Å². The molecule has 0 heterocycles. The first-order valence-corrected chi connectivity index (χ1v) is 6.64. The van der Waals surface area contributed by atoms with E-state index in [9.17, 15) is 4.79 Å². The second kappa shape index (κ2) is 6.95. The van der Waals surface area contributed by atoms with E-state index in [1.807, 2.05) is 24.3 Å². The van der Waals surface area contributed by atoms with Crippen LogP contribution in [0.2, 0.25) is 0 Å². The third kappa shape index (κ3) is 4.10. The second-order valence-corrected chi connectivity index (χ2v) is 4.69. The zero-order valence-electron chi connectivity index (χ0n) is 10.9. The van der Waals surface area contributed by atoms with Gasteiger partial charge in [-0.3, -0.25) is 0 Å². The normalized spacial score (nSPS) is 21.9. The van der Waals surface area contributed by atoms with E-state index in [0.29, 0.717) is 19.0 Å². The van der Waals surface area contributed by atoms with Gasteiger partial charge in [0.05, 0.1) is 0 Å². The van der Waals surface area contributed by atoms with E-state index in [-0.39, 0.29) is 12.2 Å². The molecule has 102 valence electrons. The predicted molar refractivity (Wildman–Crippen MR) is 74.9 cm³/mol. The fourth-order valence-electron chi connectivity index (χ4n) is 2.17. The van der Waals surface area contributed by atoms with Crippen LogP contribution in [0.1, 0.15) is 24.3 Å². The van der Waals surface area contributed by atoms with Crippen molar-refractivity contribution in [3.05, 3.63) is 48.0 Å². The number of alkyl carbamates (subject to hydrolysis) is 1. The number of benzene rings is 1. The predicted octanol–water partition coefficient (Wildman–Crippen LogP) is 2.17. The van der Waals surface area contributed by atoms with Gasteiger partial charge in [0.25, 0.3) is 0 Å². The first kappa shape index (κ1) is 13.6. The molecular weight excluding hydrogens is 240 g/mol. The zero-order chi connectivity index (χ0) is 13.5. The van der Waals surface area contributed by atoms with Crippen LogP contribution in [-0.4, -0.2) is 25.3 Å². The van der Waals surface area contributed by atoms with Crippen LogP contribution in [0.3, 0.4) is 0 Å². The maximum atomic E-state index is 11.5. The smallest absolute Gasteiger partial charge is 0.407 e. The van der Waals surface area contributed by atoms with Gasteiger partial charge in [0.1, 0.15) is 6.10 Å². The van der Waals surface area contributed by atoms with Crippen LogP contribution < -0.4 is 11.1 Å². The SMILES string of the molecule is NC/C=C/CNC(=O)O[C@H]1C[C@H](c2ccccc2)C1. The van der Waals surface area contributed by atoms with Crippen molar-refractivity contribution in [2.45, 2.75) is 24.9 Å². The van der Waals surface area contributed by atoms with Gasteiger partial charge in [-0.25, -0.2) is 4.79 Å². The number of amides is 1. The molecule has 4 nitrogen and oxygen atoms in total. The fraction of sp³-hybridized carbons (Fsp3) is 0.400. The molecule has 0 spiro atoms. The highest BCUT2D eigenvalue weighted by atomic mass is 16.6. The average Bonchev–Trinajstić information content (AvgIpc) is 2.39. The molecule has 1 amide bonds. The number of nitrogens with two attached hydrogens (primary N) is 1. The van der Waals surface area contributed by atoms with Crippen LogP contribution in [0.5, 0.6) is 0 Å². The summed E-state index contributed by atoms with van der Waals surface area (Å²) >= 11 is 0. The van der Waals surface area contributed by atoms with Crippen molar-refractivity contribution < 1.29 is 9.53 Å². The summed E-state index contributed by atoms with van der Waals surface area (Å²) in [5, 5.41) is 2.67. The minimum absolute atomic E-state index is 0.0451. The molecule has 19 heavy (non-hydrogen) atoms. The van der Waals surface area contributed by atoms with Gasteiger partial charge in [0.15, 0.2) is 0 Å². The van der Waals surface area contributed by atoms with E-state index in [4.69, 9.17) is 10.5 Å². The minimum Gasteiger partial charge on any atom is -0.446 e. The van der Waals surface area contributed by atoms with Gasteiger partial charge in [-0.1, -0.05) is 42.5 Å². The Morgan fingerprint density at radius 1 is 1.32 bits per heavy atom. The van der Waals surface area contributed by atoms with E-state index < -0.39 is 0 Å². The highest BCUT2D eigenvalue weighted by Crippen LogP contribution is 2.38. The Kier molecular flexibility index (Phi) is 4.98. The lowest BCUT2D eigenvalue weighted by molar-refractivity contribution is 0.0401. The summed E-state index contributed by atoms with van der Waals surface area (Å²) in [5.41, 5.74) is 6.62. The Labute approximate surface area is 113 Å². The summed E-state index contributed by atoms with van der Waals surface area (Å²) in [6.45, 7) is 0.947. The summed E-state index contributed by atoms with van der Waals surface area (Å²) < 4.78 is 5.30. The molecule has 1 aromatic carbocycles. The highest BCUT2D eigenvalue weighted by molar-refractivity contribution is 5.67. The molecule has 0 unspecified atom stereocenters. The monoisotopic (exact) mass is 260 g/mol. The quantitative estimate of drug-likeness (QED) is 0.797. The van der Waals surface area contributed by atoms with Crippen LogP contribution in [0.15, 0.2) is 42.5 Å². The molecule has 1 aromatic rings. The molecule has 2 rings (SSSR count). The lowest BCUT2D eigenvalue weighted by Crippen LogP contribution is -2.36. The second-order valence-electron chi connectivity index (χ2n) is 4.69. The molecule has 4 heteroatoms. The molecule has 0 aromatic heterocycles. The van der Waals surface area contributed by atoms with Crippen LogP contribution in [0.25, 0.3) is 0 Å². The van der Waals surface area contributed by atoms with Crippen LogP contribution in [-0.2, 0) is 4.74 Å². The fourth-order valence-corrected chi connectivity index (χ4v) is 2.17. The summed E-state index contributed by atoms with van der Waals surface area (Å²) in [6.07, 6.45) is 5.14. The van der Waals surface area contributed by atoms with Crippen molar-refractivity contribution in [1.82, 2.24) is 5.32 Å². The first-order valence-electron chi connectivity index (χ1n) is 6.64. The molecule has 1 aliphatic rings. The highest BCUT2D eigenvalue weighted by Gasteiger charge is 2.32. The van der Waals surface area contributed by atoms with Crippen molar-refractivity contribution in [1.29, 1.82) is 0 Å². The Morgan fingerprint density at radius 2 is 2.05 bits per heavy atom. The molecule has 0 bridgehead atoms. The third-order valence-electron chi connectivity index (χ3n) is 3.31. The summed E-state index contributed by atoms with van der Waals surface area (Å²) in [5.74, 6) is 0.524. The summed E-state index contributed by atoms with van der Waals surface area (Å²) in [7, 11) is 0. The van der Waals surface area contributed by atoms with Crippen molar-refractivity contribution >= 4 is 6.09 Å².